The van der Waals surface area contributed by atoms with Gasteiger partial charge in [0.05, 0.1) is 12.5 Å². The standard InChI is InChI=1S/C11H24N2O2/c1-8(7-14)13-10(15)9(6-12)5-11(2,3)4/h8-9,14H,5-7,12H2,1-4H3,(H,13,15). The number of amides is 1. The number of aliphatic hydroxyl groups excluding tert-OH is 1. The molecule has 0 aliphatic carbocycles. The Hall–Kier alpha value is -0.610. The van der Waals surface area contributed by atoms with Crippen molar-refractivity contribution in [2.75, 3.05) is 13.2 Å². The second-order valence-corrected chi connectivity index (χ2v) is 5.29. The van der Waals surface area contributed by atoms with E-state index in [1.54, 1.807) is 6.92 Å². The summed E-state index contributed by atoms with van der Waals surface area (Å²) >= 11 is 0. The summed E-state index contributed by atoms with van der Waals surface area (Å²) in [5.74, 6) is -0.229. The van der Waals surface area contributed by atoms with E-state index >= 15 is 0 Å². The number of carbonyl (C=O) groups is 1. The highest BCUT2D eigenvalue weighted by Gasteiger charge is 2.24. The molecule has 0 aromatic rings. The zero-order valence-corrected chi connectivity index (χ0v) is 10.2. The van der Waals surface area contributed by atoms with Crippen LogP contribution in [0, 0.1) is 11.3 Å². The van der Waals surface area contributed by atoms with Crippen molar-refractivity contribution in [3.63, 3.8) is 0 Å². The smallest absolute Gasteiger partial charge is 0.224 e. The minimum atomic E-state index is -0.202. The number of hydrogen-bond acceptors (Lipinski definition) is 3. The Morgan fingerprint density at radius 3 is 2.33 bits per heavy atom. The minimum Gasteiger partial charge on any atom is -0.394 e. The third kappa shape index (κ3) is 6.47. The fraction of sp³-hybridized carbons (Fsp3) is 0.909. The number of carbonyl (C=O) groups excluding carboxylic acids is 1. The molecule has 0 aromatic heterocycles. The lowest BCUT2D eigenvalue weighted by molar-refractivity contribution is -0.126. The van der Waals surface area contributed by atoms with Crippen molar-refractivity contribution in [2.45, 2.75) is 40.2 Å². The predicted molar refractivity (Wildman–Crippen MR) is 61.3 cm³/mol. The average Bonchev–Trinajstić information content (AvgIpc) is 2.12. The van der Waals surface area contributed by atoms with Gasteiger partial charge in [0.1, 0.15) is 0 Å². The molecule has 0 heterocycles. The highest BCUT2D eigenvalue weighted by atomic mass is 16.3. The van der Waals surface area contributed by atoms with E-state index in [-0.39, 0.29) is 29.9 Å². The van der Waals surface area contributed by atoms with Crippen molar-refractivity contribution in [1.29, 1.82) is 0 Å². The molecule has 15 heavy (non-hydrogen) atoms. The van der Waals surface area contributed by atoms with Crippen LogP contribution in [0.2, 0.25) is 0 Å². The summed E-state index contributed by atoms with van der Waals surface area (Å²) in [6.45, 7) is 8.32. The molecule has 1 amide bonds. The second kappa shape index (κ2) is 6.08. The number of aliphatic hydroxyl groups is 1. The van der Waals surface area contributed by atoms with E-state index in [0.717, 1.165) is 6.42 Å². The number of hydrogen-bond donors (Lipinski definition) is 3. The molecule has 0 radical (unpaired) electrons. The first-order valence-corrected chi connectivity index (χ1v) is 5.41. The molecule has 0 saturated heterocycles. The highest BCUT2D eigenvalue weighted by Crippen LogP contribution is 2.23. The molecule has 0 fully saturated rings. The van der Waals surface area contributed by atoms with Crippen LogP contribution in [0.1, 0.15) is 34.1 Å². The minimum absolute atomic E-state index is 0.0431. The Labute approximate surface area is 92.2 Å². The van der Waals surface area contributed by atoms with Crippen LogP contribution >= 0.6 is 0 Å². The van der Waals surface area contributed by atoms with E-state index in [1.807, 2.05) is 0 Å². The zero-order chi connectivity index (χ0) is 12.1. The van der Waals surface area contributed by atoms with Gasteiger partial charge in [0, 0.05) is 12.6 Å². The molecular formula is C11H24N2O2. The lowest BCUT2D eigenvalue weighted by Gasteiger charge is -2.25. The van der Waals surface area contributed by atoms with Gasteiger partial charge in [-0.25, -0.2) is 0 Å². The van der Waals surface area contributed by atoms with E-state index in [2.05, 4.69) is 26.1 Å². The maximum atomic E-state index is 11.7. The Bertz CT molecular complexity index is 199. The van der Waals surface area contributed by atoms with Crippen LogP contribution in [0.25, 0.3) is 0 Å². The summed E-state index contributed by atoms with van der Waals surface area (Å²) in [7, 11) is 0. The van der Waals surface area contributed by atoms with Crippen molar-refractivity contribution in [3.05, 3.63) is 0 Å². The van der Waals surface area contributed by atoms with Crippen LogP contribution in [0.15, 0.2) is 0 Å². The van der Waals surface area contributed by atoms with Gasteiger partial charge in [0.25, 0.3) is 0 Å². The molecule has 0 aliphatic rings. The average molecular weight is 216 g/mol. The lowest BCUT2D eigenvalue weighted by Crippen LogP contribution is -2.42. The number of nitrogens with one attached hydrogen (secondary N) is 1. The summed E-state index contributed by atoms with van der Waals surface area (Å²) in [4.78, 5) is 11.7. The summed E-state index contributed by atoms with van der Waals surface area (Å²) in [5.41, 5.74) is 5.66. The Kier molecular flexibility index (Phi) is 5.83. The SMILES string of the molecule is CC(CO)NC(=O)C(CN)CC(C)(C)C. The third-order valence-corrected chi connectivity index (χ3v) is 2.18. The van der Waals surface area contributed by atoms with Crippen LogP contribution in [0.4, 0.5) is 0 Å². The molecule has 90 valence electrons. The maximum Gasteiger partial charge on any atom is 0.224 e. The first-order chi connectivity index (χ1) is 6.80. The van der Waals surface area contributed by atoms with E-state index in [9.17, 15) is 4.79 Å². The normalized spacial score (nSPS) is 15.9. The molecule has 0 rings (SSSR count). The van der Waals surface area contributed by atoms with Crippen LogP contribution in [0.5, 0.6) is 0 Å². The quantitative estimate of drug-likeness (QED) is 0.626. The summed E-state index contributed by atoms with van der Waals surface area (Å²) < 4.78 is 0. The molecule has 0 aromatic carbocycles. The molecular weight excluding hydrogens is 192 g/mol. The first-order valence-electron chi connectivity index (χ1n) is 5.41. The third-order valence-electron chi connectivity index (χ3n) is 2.18. The fourth-order valence-corrected chi connectivity index (χ4v) is 1.43. The molecule has 2 atom stereocenters. The van der Waals surface area contributed by atoms with Crippen molar-refractivity contribution in [2.24, 2.45) is 17.1 Å². The zero-order valence-electron chi connectivity index (χ0n) is 10.2. The molecule has 0 saturated carbocycles. The summed E-state index contributed by atoms with van der Waals surface area (Å²) in [6.07, 6.45) is 0.757. The Morgan fingerprint density at radius 2 is 2.00 bits per heavy atom. The predicted octanol–water partition coefficient (Wildman–Crippen LogP) is 0.494. The van der Waals surface area contributed by atoms with Gasteiger partial charge < -0.3 is 16.2 Å². The maximum absolute atomic E-state index is 11.7. The van der Waals surface area contributed by atoms with E-state index < -0.39 is 0 Å². The molecule has 2 unspecified atom stereocenters. The topological polar surface area (TPSA) is 75.3 Å². The molecule has 0 spiro atoms. The van der Waals surface area contributed by atoms with Gasteiger partial charge >= 0.3 is 0 Å². The molecule has 4 heteroatoms. The van der Waals surface area contributed by atoms with Gasteiger partial charge in [0.15, 0.2) is 0 Å². The van der Waals surface area contributed by atoms with E-state index in [4.69, 9.17) is 10.8 Å². The Balaban J connectivity index is 4.23. The van der Waals surface area contributed by atoms with Gasteiger partial charge in [-0.3, -0.25) is 4.79 Å². The van der Waals surface area contributed by atoms with Gasteiger partial charge in [-0.2, -0.15) is 0 Å². The van der Waals surface area contributed by atoms with Crippen LogP contribution in [-0.4, -0.2) is 30.2 Å². The van der Waals surface area contributed by atoms with Crippen molar-refractivity contribution in [1.82, 2.24) is 5.32 Å². The van der Waals surface area contributed by atoms with E-state index in [0.29, 0.717) is 6.54 Å². The van der Waals surface area contributed by atoms with Gasteiger partial charge in [0.2, 0.25) is 5.91 Å². The molecule has 4 N–H and O–H groups in total. The van der Waals surface area contributed by atoms with Gasteiger partial charge in [-0.05, 0) is 18.8 Å². The highest BCUT2D eigenvalue weighted by molar-refractivity contribution is 5.79. The second-order valence-electron chi connectivity index (χ2n) is 5.29. The largest absolute Gasteiger partial charge is 0.394 e. The first kappa shape index (κ1) is 14.4. The van der Waals surface area contributed by atoms with Crippen LogP contribution < -0.4 is 11.1 Å². The van der Waals surface area contributed by atoms with Crippen molar-refractivity contribution >= 4 is 5.91 Å². The molecule has 4 nitrogen and oxygen atoms in total. The number of nitrogens with two attached hydrogens (primary N) is 1. The fourth-order valence-electron chi connectivity index (χ4n) is 1.43. The lowest BCUT2D eigenvalue weighted by atomic mass is 9.84. The Morgan fingerprint density at radius 1 is 1.47 bits per heavy atom. The monoisotopic (exact) mass is 216 g/mol. The van der Waals surface area contributed by atoms with Crippen LogP contribution in [-0.2, 0) is 4.79 Å². The molecule has 0 aliphatic heterocycles. The summed E-state index contributed by atoms with van der Waals surface area (Å²) in [6, 6.07) is -0.202. The molecule has 0 bridgehead atoms. The van der Waals surface area contributed by atoms with Crippen molar-refractivity contribution in [3.8, 4) is 0 Å². The summed E-state index contributed by atoms with van der Waals surface area (Å²) in [5, 5.41) is 11.6. The number of rotatable bonds is 5. The van der Waals surface area contributed by atoms with Crippen LogP contribution in [0.3, 0.4) is 0 Å². The van der Waals surface area contributed by atoms with Gasteiger partial charge in [-0.1, -0.05) is 20.8 Å². The van der Waals surface area contributed by atoms with Crippen molar-refractivity contribution < 1.29 is 9.90 Å². The van der Waals surface area contributed by atoms with Gasteiger partial charge in [-0.15, -0.1) is 0 Å². The van der Waals surface area contributed by atoms with E-state index in [1.165, 1.54) is 0 Å².